The van der Waals surface area contributed by atoms with Crippen LogP contribution in [-0.2, 0) is 19.1 Å². The zero-order valence-electron chi connectivity index (χ0n) is 11.2. The SMILES string of the molecule is FC(F)(F)c1ccc(Cc2nnc(CNC3CC3)o2)cc1. The van der Waals surface area contributed by atoms with Crippen molar-refractivity contribution in [2.24, 2.45) is 0 Å². The van der Waals surface area contributed by atoms with Crippen LogP contribution in [0.15, 0.2) is 28.7 Å². The van der Waals surface area contributed by atoms with Gasteiger partial charge in [0.1, 0.15) is 0 Å². The summed E-state index contributed by atoms with van der Waals surface area (Å²) in [5, 5.41) is 11.1. The van der Waals surface area contributed by atoms with Crippen molar-refractivity contribution in [3.8, 4) is 0 Å². The van der Waals surface area contributed by atoms with E-state index in [1.165, 1.54) is 25.0 Å². The van der Waals surface area contributed by atoms with E-state index < -0.39 is 11.7 Å². The molecule has 7 heteroatoms. The second-order valence-electron chi connectivity index (χ2n) is 5.12. The summed E-state index contributed by atoms with van der Waals surface area (Å²) < 4.78 is 42.8. The summed E-state index contributed by atoms with van der Waals surface area (Å²) >= 11 is 0. The molecule has 1 N–H and O–H groups in total. The molecule has 0 unspecified atom stereocenters. The van der Waals surface area contributed by atoms with E-state index in [2.05, 4.69) is 15.5 Å². The van der Waals surface area contributed by atoms with Gasteiger partial charge in [0.25, 0.3) is 0 Å². The molecular weight excluding hydrogens is 283 g/mol. The highest BCUT2D eigenvalue weighted by Crippen LogP contribution is 2.29. The number of alkyl halides is 3. The van der Waals surface area contributed by atoms with Crippen LogP contribution in [0, 0.1) is 0 Å². The molecule has 4 nitrogen and oxygen atoms in total. The number of rotatable bonds is 5. The Morgan fingerprint density at radius 3 is 2.38 bits per heavy atom. The average Bonchev–Trinajstić information content (AvgIpc) is 3.16. The highest BCUT2D eigenvalue weighted by molar-refractivity contribution is 5.26. The largest absolute Gasteiger partial charge is 0.424 e. The van der Waals surface area contributed by atoms with Crippen molar-refractivity contribution >= 4 is 0 Å². The lowest BCUT2D eigenvalue weighted by molar-refractivity contribution is -0.137. The van der Waals surface area contributed by atoms with Crippen LogP contribution in [-0.4, -0.2) is 16.2 Å². The fourth-order valence-electron chi connectivity index (χ4n) is 1.94. The van der Waals surface area contributed by atoms with Gasteiger partial charge in [-0.05, 0) is 30.5 Å². The van der Waals surface area contributed by atoms with Crippen molar-refractivity contribution in [2.75, 3.05) is 0 Å². The number of halogens is 3. The third-order valence-electron chi connectivity index (χ3n) is 3.26. The first kappa shape index (κ1) is 14.1. The van der Waals surface area contributed by atoms with Gasteiger partial charge in [-0.3, -0.25) is 0 Å². The minimum Gasteiger partial charge on any atom is -0.424 e. The van der Waals surface area contributed by atoms with E-state index in [0.717, 1.165) is 12.1 Å². The molecule has 112 valence electrons. The third-order valence-corrected chi connectivity index (χ3v) is 3.26. The van der Waals surface area contributed by atoms with Gasteiger partial charge in [0.2, 0.25) is 11.8 Å². The molecule has 3 rings (SSSR count). The monoisotopic (exact) mass is 297 g/mol. The molecule has 0 bridgehead atoms. The molecule has 1 aliphatic rings. The van der Waals surface area contributed by atoms with Gasteiger partial charge in [0.05, 0.1) is 18.5 Å². The molecule has 0 saturated heterocycles. The van der Waals surface area contributed by atoms with Gasteiger partial charge in [0, 0.05) is 6.04 Å². The van der Waals surface area contributed by atoms with Crippen molar-refractivity contribution in [3.63, 3.8) is 0 Å². The van der Waals surface area contributed by atoms with Crippen LogP contribution in [0.25, 0.3) is 0 Å². The first-order valence-electron chi connectivity index (χ1n) is 6.71. The molecule has 0 radical (unpaired) electrons. The van der Waals surface area contributed by atoms with Crippen LogP contribution < -0.4 is 5.32 Å². The fraction of sp³-hybridized carbons (Fsp3) is 0.429. The van der Waals surface area contributed by atoms with Gasteiger partial charge in [0.15, 0.2) is 0 Å². The minimum absolute atomic E-state index is 0.328. The molecule has 1 aliphatic carbocycles. The maximum atomic E-state index is 12.5. The zero-order chi connectivity index (χ0) is 14.9. The van der Waals surface area contributed by atoms with Crippen LogP contribution in [0.2, 0.25) is 0 Å². The van der Waals surface area contributed by atoms with Crippen molar-refractivity contribution < 1.29 is 17.6 Å². The van der Waals surface area contributed by atoms with E-state index in [-0.39, 0.29) is 0 Å². The summed E-state index contributed by atoms with van der Waals surface area (Å²) in [7, 11) is 0. The lowest BCUT2D eigenvalue weighted by atomic mass is 10.1. The summed E-state index contributed by atoms with van der Waals surface area (Å²) in [6, 6.07) is 5.52. The Labute approximate surface area is 119 Å². The van der Waals surface area contributed by atoms with E-state index in [1.807, 2.05) is 0 Å². The molecule has 21 heavy (non-hydrogen) atoms. The Morgan fingerprint density at radius 2 is 1.76 bits per heavy atom. The van der Waals surface area contributed by atoms with E-state index >= 15 is 0 Å². The van der Waals surface area contributed by atoms with E-state index in [0.29, 0.717) is 36.4 Å². The summed E-state index contributed by atoms with van der Waals surface area (Å²) in [4.78, 5) is 0. The quantitative estimate of drug-likeness (QED) is 0.922. The van der Waals surface area contributed by atoms with Crippen molar-refractivity contribution in [1.29, 1.82) is 0 Å². The fourth-order valence-corrected chi connectivity index (χ4v) is 1.94. The van der Waals surface area contributed by atoms with Crippen LogP contribution >= 0.6 is 0 Å². The minimum atomic E-state index is -4.31. The average molecular weight is 297 g/mol. The lowest BCUT2D eigenvalue weighted by Gasteiger charge is -2.06. The van der Waals surface area contributed by atoms with Gasteiger partial charge in [-0.15, -0.1) is 10.2 Å². The first-order valence-corrected chi connectivity index (χ1v) is 6.71. The summed E-state index contributed by atoms with van der Waals surface area (Å²) in [6.07, 6.45) is -1.64. The molecule has 1 heterocycles. The molecule has 1 aromatic carbocycles. The predicted molar refractivity (Wildman–Crippen MR) is 68.4 cm³/mol. The zero-order valence-corrected chi connectivity index (χ0v) is 11.2. The van der Waals surface area contributed by atoms with Crippen LogP contribution in [0.3, 0.4) is 0 Å². The van der Waals surface area contributed by atoms with Crippen molar-refractivity contribution in [3.05, 3.63) is 47.2 Å². The van der Waals surface area contributed by atoms with Gasteiger partial charge in [-0.2, -0.15) is 13.2 Å². The molecule has 0 amide bonds. The van der Waals surface area contributed by atoms with Gasteiger partial charge < -0.3 is 9.73 Å². The van der Waals surface area contributed by atoms with Crippen LogP contribution in [0.1, 0.15) is 35.7 Å². The van der Waals surface area contributed by atoms with Crippen molar-refractivity contribution in [1.82, 2.24) is 15.5 Å². The molecule has 1 aromatic heterocycles. The number of hydrogen-bond donors (Lipinski definition) is 1. The molecule has 2 aromatic rings. The van der Waals surface area contributed by atoms with E-state index in [9.17, 15) is 13.2 Å². The number of nitrogens with one attached hydrogen (secondary N) is 1. The van der Waals surface area contributed by atoms with Crippen LogP contribution in [0.5, 0.6) is 0 Å². The predicted octanol–water partition coefficient (Wildman–Crippen LogP) is 2.93. The topological polar surface area (TPSA) is 51.0 Å². The Bertz CT molecular complexity index is 603. The van der Waals surface area contributed by atoms with Gasteiger partial charge in [-0.1, -0.05) is 12.1 Å². The molecule has 1 saturated carbocycles. The van der Waals surface area contributed by atoms with Gasteiger partial charge in [-0.25, -0.2) is 0 Å². The highest BCUT2D eigenvalue weighted by atomic mass is 19.4. The normalized spacial score (nSPS) is 15.4. The second-order valence-corrected chi connectivity index (χ2v) is 5.12. The summed E-state index contributed by atoms with van der Waals surface area (Å²) in [6.45, 7) is 0.532. The molecule has 0 spiro atoms. The second kappa shape index (κ2) is 5.48. The first-order chi connectivity index (χ1) is 10.0. The maximum Gasteiger partial charge on any atom is 0.416 e. The standard InChI is InChI=1S/C14H14F3N3O/c15-14(16,17)10-3-1-9(2-4-10)7-12-19-20-13(21-12)8-18-11-5-6-11/h1-4,11,18H,5-8H2. The summed E-state index contributed by atoms with van der Waals surface area (Å²) in [5.74, 6) is 0.908. The van der Waals surface area contributed by atoms with Crippen molar-refractivity contribution in [2.45, 2.75) is 38.0 Å². The summed E-state index contributed by atoms with van der Waals surface area (Å²) in [5.41, 5.74) is 0.0412. The highest BCUT2D eigenvalue weighted by Gasteiger charge is 2.30. The molecule has 0 atom stereocenters. The number of benzene rings is 1. The Balaban J connectivity index is 1.60. The molecule has 1 fully saturated rings. The number of hydrogen-bond acceptors (Lipinski definition) is 4. The smallest absolute Gasteiger partial charge is 0.416 e. The van der Waals surface area contributed by atoms with E-state index in [4.69, 9.17) is 4.42 Å². The third kappa shape index (κ3) is 3.81. The lowest BCUT2D eigenvalue weighted by Crippen LogP contribution is -2.15. The molecular formula is C14H14F3N3O. The molecule has 0 aliphatic heterocycles. The Kier molecular flexibility index (Phi) is 3.67. The van der Waals surface area contributed by atoms with Crippen LogP contribution in [0.4, 0.5) is 13.2 Å². The van der Waals surface area contributed by atoms with Gasteiger partial charge >= 0.3 is 6.18 Å². The van der Waals surface area contributed by atoms with E-state index in [1.54, 1.807) is 0 Å². The number of aromatic nitrogens is 2. The maximum absolute atomic E-state index is 12.5. The number of nitrogens with zero attached hydrogens (tertiary/aromatic N) is 2. The Hall–Kier alpha value is -1.89. The Morgan fingerprint density at radius 1 is 1.10 bits per heavy atom.